The van der Waals surface area contributed by atoms with Crippen LogP contribution in [0.15, 0.2) is 24.3 Å². The number of likely N-dealkylation sites (tertiary alicyclic amines) is 1. The molecule has 0 spiro atoms. The SMILES string of the molecule is CCN(Cc1ccccc1C)C(=O)[C@@H]1CCCN(C(=O)OC(C)(C)C)C1. The van der Waals surface area contributed by atoms with Crippen LogP contribution in [0.3, 0.4) is 0 Å². The Balaban J connectivity index is 2.02. The third-order valence-electron chi connectivity index (χ3n) is 4.74. The Morgan fingerprint density at radius 1 is 1.27 bits per heavy atom. The standard InChI is InChI=1S/C21H32N2O3/c1-6-22(14-17-11-8-7-10-16(17)2)19(24)18-12-9-13-23(15-18)20(25)26-21(3,4)5/h7-8,10-11,18H,6,9,12-15H2,1-5H3/t18-/m1/s1. The van der Waals surface area contributed by atoms with Gasteiger partial charge in [-0.25, -0.2) is 4.79 Å². The predicted molar refractivity (Wildman–Crippen MR) is 103 cm³/mol. The van der Waals surface area contributed by atoms with Crippen LogP contribution in [-0.2, 0) is 16.1 Å². The van der Waals surface area contributed by atoms with Crippen LogP contribution in [0.5, 0.6) is 0 Å². The summed E-state index contributed by atoms with van der Waals surface area (Å²) in [6, 6.07) is 8.15. The van der Waals surface area contributed by atoms with Crippen molar-refractivity contribution in [3.8, 4) is 0 Å². The van der Waals surface area contributed by atoms with Gasteiger partial charge in [0.15, 0.2) is 0 Å². The molecule has 1 atom stereocenters. The average Bonchev–Trinajstić information content (AvgIpc) is 2.59. The van der Waals surface area contributed by atoms with E-state index in [1.165, 1.54) is 11.1 Å². The van der Waals surface area contributed by atoms with Gasteiger partial charge in [-0.15, -0.1) is 0 Å². The van der Waals surface area contributed by atoms with E-state index in [0.29, 0.717) is 26.2 Å². The smallest absolute Gasteiger partial charge is 0.410 e. The third kappa shape index (κ3) is 5.48. The Morgan fingerprint density at radius 2 is 1.96 bits per heavy atom. The summed E-state index contributed by atoms with van der Waals surface area (Å²) in [4.78, 5) is 29.0. The molecule has 1 aromatic rings. The number of carbonyl (C=O) groups is 2. The zero-order valence-electron chi connectivity index (χ0n) is 16.7. The number of hydrogen-bond acceptors (Lipinski definition) is 3. The summed E-state index contributed by atoms with van der Waals surface area (Å²) in [6.07, 6.45) is 1.33. The summed E-state index contributed by atoms with van der Waals surface area (Å²) in [5.74, 6) is -0.0238. The zero-order valence-corrected chi connectivity index (χ0v) is 16.7. The van der Waals surface area contributed by atoms with Crippen LogP contribution in [0.1, 0.15) is 51.7 Å². The second kappa shape index (κ2) is 8.56. The van der Waals surface area contributed by atoms with Gasteiger partial charge in [0.25, 0.3) is 0 Å². The lowest BCUT2D eigenvalue weighted by molar-refractivity contribution is -0.137. The number of benzene rings is 1. The van der Waals surface area contributed by atoms with Gasteiger partial charge in [0, 0.05) is 26.2 Å². The molecular formula is C21H32N2O3. The highest BCUT2D eigenvalue weighted by molar-refractivity contribution is 5.80. The zero-order chi connectivity index (χ0) is 19.3. The Labute approximate surface area is 157 Å². The van der Waals surface area contributed by atoms with Gasteiger partial charge in [-0.1, -0.05) is 24.3 Å². The number of aryl methyl sites for hydroxylation is 1. The number of carbonyl (C=O) groups excluding carboxylic acids is 2. The fourth-order valence-corrected chi connectivity index (χ4v) is 3.27. The first-order valence-corrected chi connectivity index (χ1v) is 9.52. The molecule has 1 saturated heterocycles. The number of amides is 2. The van der Waals surface area contributed by atoms with Crippen molar-refractivity contribution >= 4 is 12.0 Å². The van der Waals surface area contributed by atoms with Crippen molar-refractivity contribution in [3.05, 3.63) is 35.4 Å². The minimum absolute atomic E-state index is 0.129. The highest BCUT2D eigenvalue weighted by Crippen LogP contribution is 2.22. The fourth-order valence-electron chi connectivity index (χ4n) is 3.27. The number of ether oxygens (including phenoxy) is 1. The van der Waals surface area contributed by atoms with Crippen LogP contribution in [0.2, 0.25) is 0 Å². The molecule has 1 fully saturated rings. The molecule has 0 radical (unpaired) electrons. The molecule has 1 aliphatic rings. The van der Waals surface area contributed by atoms with Crippen molar-refractivity contribution < 1.29 is 14.3 Å². The lowest BCUT2D eigenvalue weighted by Gasteiger charge is -2.35. The number of nitrogens with zero attached hydrogens (tertiary/aromatic N) is 2. The maximum Gasteiger partial charge on any atom is 0.410 e. The number of piperidine rings is 1. The van der Waals surface area contributed by atoms with Crippen molar-refractivity contribution in [2.75, 3.05) is 19.6 Å². The van der Waals surface area contributed by atoms with Crippen molar-refractivity contribution in [3.63, 3.8) is 0 Å². The molecule has 0 bridgehead atoms. The molecule has 26 heavy (non-hydrogen) atoms. The summed E-state index contributed by atoms with van der Waals surface area (Å²) in [7, 11) is 0. The Hall–Kier alpha value is -2.04. The Kier molecular flexibility index (Phi) is 6.68. The molecule has 1 heterocycles. The summed E-state index contributed by atoms with van der Waals surface area (Å²) in [6.45, 7) is 12.0. The largest absolute Gasteiger partial charge is 0.444 e. The lowest BCUT2D eigenvalue weighted by atomic mass is 9.96. The first-order valence-electron chi connectivity index (χ1n) is 9.52. The molecule has 0 aliphatic carbocycles. The monoisotopic (exact) mass is 360 g/mol. The quantitative estimate of drug-likeness (QED) is 0.816. The highest BCUT2D eigenvalue weighted by atomic mass is 16.6. The molecule has 0 N–H and O–H groups in total. The van der Waals surface area contributed by atoms with Gasteiger partial charge in [-0.05, 0) is 58.6 Å². The maximum atomic E-state index is 13.0. The average molecular weight is 360 g/mol. The first-order chi connectivity index (χ1) is 12.2. The van der Waals surface area contributed by atoms with Gasteiger partial charge in [-0.3, -0.25) is 4.79 Å². The van der Waals surface area contributed by atoms with Crippen LogP contribution in [-0.4, -0.2) is 47.0 Å². The predicted octanol–water partition coefficient (Wildman–Crippen LogP) is 3.99. The molecule has 0 aromatic heterocycles. The van der Waals surface area contributed by atoms with Crippen LogP contribution in [0.25, 0.3) is 0 Å². The van der Waals surface area contributed by atoms with Crippen LogP contribution < -0.4 is 0 Å². The van der Waals surface area contributed by atoms with E-state index in [4.69, 9.17) is 4.74 Å². The molecule has 5 nitrogen and oxygen atoms in total. The third-order valence-corrected chi connectivity index (χ3v) is 4.74. The molecular weight excluding hydrogens is 328 g/mol. The van der Waals surface area contributed by atoms with E-state index in [1.807, 2.05) is 44.7 Å². The Morgan fingerprint density at radius 3 is 2.58 bits per heavy atom. The van der Waals surface area contributed by atoms with E-state index in [1.54, 1.807) is 4.90 Å². The summed E-state index contributed by atoms with van der Waals surface area (Å²) >= 11 is 0. The molecule has 1 aromatic carbocycles. The van der Waals surface area contributed by atoms with Gasteiger partial charge < -0.3 is 14.5 Å². The highest BCUT2D eigenvalue weighted by Gasteiger charge is 2.32. The van der Waals surface area contributed by atoms with Gasteiger partial charge >= 0.3 is 6.09 Å². The van der Waals surface area contributed by atoms with E-state index in [-0.39, 0.29) is 17.9 Å². The van der Waals surface area contributed by atoms with Crippen LogP contribution in [0.4, 0.5) is 4.79 Å². The van der Waals surface area contributed by atoms with Crippen molar-refractivity contribution in [2.45, 2.75) is 59.6 Å². The topological polar surface area (TPSA) is 49.9 Å². The molecule has 5 heteroatoms. The van der Waals surface area contributed by atoms with E-state index in [2.05, 4.69) is 19.1 Å². The molecule has 144 valence electrons. The van der Waals surface area contributed by atoms with Gasteiger partial charge in [0.1, 0.15) is 5.60 Å². The summed E-state index contributed by atoms with van der Waals surface area (Å²) in [5, 5.41) is 0. The second-order valence-corrected chi connectivity index (χ2v) is 8.04. The lowest BCUT2D eigenvalue weighted by Crippen LogP contribution is -2.47. The number of hydrogen-bond donors (Lipinski definition) is 0. The fraction of sp³-hybridized carbons (Fsp3) is 0.619. The van der Waals surface area contributed by atoms with E-state index >= 15 is 0 Å². The summed E-state index contributed by atoms with van der Waals surface area (Å²) in [5.41, 5.74) is 1.84. The van der Waals surface area contributed by atoms with Gasteiger partial charge in [0.2, 0.25) is 5.91 Å². The van der Waals surface area contributed by atoms with Crippen molar-refractivity contribution in [1.29, 1.82) is 0 Å². The number of rotatable bonds is 4. The van der Waals surface area contributed by atoms with Crippen molar-refractivity contribution in [1.82, 2.24) is 9.80 Å². The van der Waals surface area contributed by atoms with Gasteiger partial charge in [0.05, 0.1) is 5.92 Å². The van der Waals surface area contributed by atoms with Crippen LogP contribution >= 0.6 is 0 Å². The van der Waals surface area contributed by atoms with E-state index in [0.717, 1.165) is 12.8 Å². The summed E-state index contributed by atoms with van der Waals surface area (Å²) < 4.78 is 5.47. The minimum Gasteiger partial charge on any atom is -0.444 e. The van der Waals surface area contributed by atoms with E-state index < -0.39 is 5.60 Å². The maximum absolute atomic E-state index is 13.0. The van der Waals surface area contributed by atoms with Gasteiger partial charge in [-0.2, -0.15) is 0 Å². The normalized spacial score (nSPS) is 17.7. The molecule has 0 saturated carbocycles. The van der Waals surface area contributed by atoms with Crippen LogP contribution in [0, 0.1) is 12.8 Å². The Bertz CT molecular complexity index is 636. The molecule has 2 rings (SSSR count). The van der Waals surface area contributed by atoms with Crippen molar-refractivity contribution in [2.24, 2.45) is 5.92 Å². The molecule has 1 aliphatic heterocycles. The minimum atomic E-state index is -0.520. The first kappa shape index (κ1) is 20.3. The molecule has 0 unspecified atom stereocenters. The second-order valence-electron chi connectivity index (χ2n) is 8.04. The van der Waals surface area contributed by atoms with E-state index in [9.17, 15) is 9.59 Å². The molecule has 2 amide bonds.